The van der Waals surface area contributed by atoms with Gasteiger partial charge in [-0.15, -0.1) is 0 Å². The fourth-order valence-electron chi connectivity index (χ4n) is 2.74. The Hall–Kier alpha value is -1.32. The van der Waals surface area contributed by atoms with Crippen molar-refractivity contribution in [2.24, 2.45) is 5.73 Å². The van der Waals surface area contributed by atoms with Crippen LogP contribution in [0, 0.1) is 5.82 Å². The van der Waals surface area contributed by atoms with Gasteiger partial charge in [-0.25, -0.2) is 4.39 Å². The van der Waals surface area contributed by atoms with Crippen LogP contribution in [0.25, 0.3) is 0 Å². The van der Waals surface area contributed by atoms with Crippen molar-refractivity contribution in [1.82, 2.24) is 4.57 Å². The number of halogens is 2. The summed E-state index contributed by atoms with van der Waals surface area (Å²) in [4.78, 5) is 0. The highest BCUT2D eigenvalue weighted by Crippen LogP contribution is 2.29. The molecule has 1 aromatic carbocycles. The molecule has 1 unspecified atom stereocenters. The van der Waals surface area contributed by atoms with Crippen LogP contribution in [0.2, 0.25) is 5.02 Å². The first-order valence-corrected chi connectivity index (χ1v) is 6.90. The molecule has 0 saturated heterocycles. The Labute approximate surface area is 117 Å². The lowest BCUT2D eigenvalue weighted by Crippen LogP contribution is -2.15. The Bertz CT molecular complexity index is 606. The highest BCUT2D eigenvalue weighted by Gasteiger charge is 2.19. The maximum atomic E-state index is 13.4. The molecule has 0 aliphatic heterocycles. The van der Waals surface area contributed by atoms with Crippen molar-refractivity contribution in [3.8, 4) is 0 Å². The molecule has 2 N–H and O–H groups in total. The van der Waals surface area contributed by atoms with Gasteiger partial charge in [0.05, 0.1) is 5.02 Å². The molecule has 0 radical (unpaired) electrons. The second kappa shape index (κ2) is 4.99. The van der Waals surface area contributed by atoms with E-state index in [4.69, 9.17) is 17.3 Å². The molecule has 0 saturated carbocycles. The van der Waals surface area contributed by atoms with E-state index in [1.165, 1.54) is 17.2 Å². The molecular weight excluding hydrogens is 263 g/mol. The van der Waals surface area contributed by atoms with E-state index in [-0.39, 0.29) is 16.9 Å². The standard InChI is InChI=1S/C15H16ClFN2/c16-15-11(4-1-5-13(15)17)8-19-7-10-3-2-6-14(18)12(10)9-19/h1,4-5,7,9,14H,2-3,6,8,18H2. The van der Waals surface area contributed by atoms with Crippen molar-refractivity contribution < 1.29 is 4.39 Å². The Balaban J connectivity index is 1.90. The van der Waals surface area contributed by atoms with Gasteiger partial charge in [-0.2, -0.15) is 0 Å². The average Bonchev–Trinajstić information content (AvgIpc) is 2.79. The fourth-order valence-corrected chi connectivity index (χ4v) is 2.93. The van der Waals surface area contributed by atoms with Crippen LogP contribution in [0.4, 0.5) is 4.39 Å². The summed E-state index contributed by atoms with van der Waals surface area (Å²) in [5.41, 5.74) is 9.43. The maximum Gasteiger partial charge on any atom is 0.142 e. The van der Waals surface area contributed by atoms with Gasteiger partial charge in [0.1, 0.15) is 5.82 Å². The van der Waals surface area contributed by atoms with Crippen LogP contribution in [0.5, 0.6) is 0 Å². The fraction of sp³-hybridized carbons (Fsp3) is 0.333. The first-order valence-electron chi connectivity index (χ1n) is 6.52. The number of fused-ring (bicyclic) bond motifs is 1. The number of nitrogens with two attached hydrogens (primary N) is 1. The third-order valence-corrected chi connectivity index (χ3v) is 4.17. The predicted octanol–water partition coefficient (Wildman–Crippen LogP) is 3.67. The van der Waals surface area contributed by atoms with E-state index in [2.05, 4.69) is 17.0 Å². The Morgan fingerprint density at radius 3 is 3.00 bits per heavy atom. The van der Waals surface area contributed by atoms with E-state index < -0.39 is 0 Å². The SMILES string of the molecule is NC1CCCc2cn(Cc3cccc(F)c3Cl)cc21. The molecule has 1 aromatic heterocycles. The molecule has 0 bridgehead atoms. The first kappa shape index (κ1) is 12.7. The van der Waals surface area contributed by atoms with Crippen LogP contribution < -0.4 is 5.73 Å². The summed E-state index contributed by atoms with van der Waals surface area (Å²) in [6.45, 7) is 0.580. The van der Waals surface area contributed by atoms with Gasteiger partial charge in [0.2, 0.25) is 0 Å². The van der Waals surface area contributed by atoms with E-state index in [1.807, 2.05) is 6.07 Å². The van der Waals surface area contributed by atoms with E-state index in [1.54, 1.807) is 6.07 Å². The van der Waals surface area contributed by atoms with Gasteiger partial charge in [-0.05, 0) is 42.0 Å². The zero-order valence-corrected chi connectivity index (χ0v) is 11.3. The quantitative estimate of drug-likeness (QED) is 0.893. The minimum Gasteiger partial charge on any atom is -0.349 e. The van der Waals surface area contributed by atoms with Crippen LogP contribution in [-0.4, -0.2) is 4.57 Å². The lowest BCUT2D eigenvalue weighted by Gasteiger charge is -2.17. The zero-order chi connectivity index (χ0) is 13.4. The molecule has 1 atom stereocenters. The lowest BCUT2D eigenvalue weighted by molar-refractivity contribution is 0.573. The molecule has 1 heterocycles. The average molecular weight is 279 g/mol. The second-order valence-electron chi connectivity index (χ2n) is 5.12. The van der Waals surface area contributed by atoms with Gasteiger partial charge in [0.15, 0.2) is 0 Å². The van der Waals surface area contributed by atoms with Gasteiger partial charge < -0.3 is 10.3 Å². The van der Waals surface area contributed by atoms with Crippen molar-refractivity contribution >= 4 is 11.6 Å². The summed E-state index contributed by atoms with van der Waals surface area (Å²) in [6, 6.07) is 5.05. The van der Waals surface area contributed by atoms with Gasteiger partial charge in [-0.1, -0.05) is 23.7 Å². The molecule has 2 nitrogen and oxygen atoms in total. The number of aryl methyl sites for hydroxylation is 1. The Morgan fingerprint density at radius 1 is 1.37 bits per heavy atom. The van der Waals surface area contributed by atoms with E-state index in [0.29, 0.717) is 6.54 Å². The maximum absolute atomic E-state index is 13.4. The molecule has 4 heteroatoms. The van der Waals surface area contributed by atoms with E-state index in [9.17, 15) is 4.39 Å². The summed E-state index contributed by atoms with van der Waals surface area (Å²) in [6.07, 6.45) is 7.43. The molecular formula is C15H16ClFN2. The van der Waals surface area contributed by atoms with Crippen LogP contribution in [-0.2, 0) is 13.0 Å². The first-order chi connectivity index (χ1) is 9.15. The third kappa shape index (κ3) is 2.40. The van der Waals surface area contributed by atoms with Crippen LogP contribution in [0.15, 0.2) is 30.6 Å². The summed E-state index contributed by atoms with van der Waals surface area (Å²) < 4.78 is 15.5. The normalized spacial score (nSPS) is 18.4. The summed E-state index contributed by atoms with van der Waals surface area (Å²) in [5.74, 6) is -0.368. The van der Waals surface area contributed by atoms with E-state index in [0.717, 1.165) is 24.8 Å². The molecule has 0 amide bonds. The molecule has 3 rings (SSSR count). The van der Waals surface area contributed by atoms with Crippen molar-refractivity contribution in [3.05, 3.63) is 58.1 Å². The number of hydrogen-bond acceptors (Lipinski definition) is 1. The number of hydrogen-bond donors (Lipinski definition) is 1. The van der Waals surface area contributed by atoms with Crippen LogP contribution in [0.1, 0.15) is 35.6 Å². The molecule has 2 aromatic rings. The second-order valence-corrected chi connectivity index (χ2v) is 5.50. The van der Waals surface area contributed by atoms with Crippen LogP contribution in [0.3, 0.4) is 0 Å². The highest BCUT2D eigenvalue weighted by atomic mass is 35.5. The summed E-state index contributed by atoms with van der Waals surface area (Å²) in [7, 11) is 0. The van der Waals surface area contributed by atoms with Crippen molar-refractivity contribution in [3.63, 3.8) is 0 Å². The number of rotatable bonds is 2. The Kier molecular flexibility index (Phi) is 3.33. The lowest BCUT2D eigenvalue weighted by atomic mass is 9.92. The largest absolute Gasteiger partial charge is 0.349 e. The molecule has 1 aliphatic carbocycles. The number of aromatic nitrogens is 1. The minimum absolute atomic E-state index is 0.132. The number of nitrogens with zero attached hydrogens (tertiary/aromatic N) is 1. The number of benzene rings is 1. The molecule has 0 fully saturated rings. The Morgan fingerprint density at radius 2 is 2.21 bits per heavy atom. The summed E-state index contributed by atoms with van der Waals surface area (Å²) in [5, 5.41) is 0.207. The molecule has 19 heavy (non-hydrogen) atoms. The van der Waals surface area contributed by atoms with Gasteiger partial charge in [-0.3, -0.25) is 0 Å². The van der Waals surface area contributed by atoms with Gasteiger partial charge >= 0.3 is 0 Å². The van der Waals surface area contributed by atoms with Crippen molar-refractivity contribution in [2.75, 3.05) is 0 Å². The topological polar surface area (TPSA) is 30.9 Å². The van der Waals surface area contributed by atoms with Crippen molar-refractivity contribution in [1.29, 1.82) is 0 Å². The van der Waals surface area contributed by atoms with Gasteiger partial charge in [0, 0.05) is 25.0 Å². The predicted molar refractivity (Wildman–Crippen MR) is 74.8 cm³/mol. The third-order valence-electron chi connectivity index (χ3n) is 3.74. The zero-order valence-electron chi connectivity index (χ0n) is 10.6. The minimum atomic E-state index is -0.368. The van der Waals surface area contributed by atoms with E-state index >= 15 is 0 Å². The molecule has 100 valence electrons. The molecule has 0 spiro atoms. The monoisotopic (exact) mass is 278 g/mol. The van der Waals surface area contributed by atoms with Crippen molar-refractivity contribution in [2.45, 2.75) is 31.8 Å². The molecule has 1 aliphatic rings. The van der Waals surface area contributed by atoms with Gasteiger partial charge in [0.25, 0.3) is 0 Å². The highest BCUT2D eigenvalue weighted by molar-refractivity contribution is 6.31. The summed E-state index contributed by atoms with van der Waals surface area (Å²) >= 11 is 5.99. The smallest absolute Gasteiger partial charge is 0.142 e. The van der Waals surface area contributed by atoms with Crippen LogP contribution >= 0.6 is 11.6 Å².